The van der Waals surface area contributed by atoms with E-state index in [1.807, 2.05) is 0 Å². The number of ether oxygens (including phenoxy) is 4. The van der Waals surface area contributed by atoms with E-state index in [2.05, 4.69) is 4.74 Å². The third kappa shape index (κ3) is 4.71. The minimum atomic E-state index is -1.00. The van der Waals surface area contributed by atoms with Crippen LogP contribution in [0.3, 0.4) is 0 Å². The molecule has 0 N–H and O–H groups in total. The zero-order valence-electron chi connectivity index (χ0n) is 11.2. The first-order chi connectivity index (χ1) is 9.29. The average Bonchev–Trinajstić information content (AvgIpc) is 2.29. The fraction of sp³-hybridized carbons (Fsp3) is 0.500. The van der Waals surface area contributed by atoms with Gasteiger partial charge in [0.2, 0.25) is 5.76 Å². The summed E-state index contributed by atoms with van der Waals surface area (Å²) >= 11 is 0. The molecule has 110 valence electrons. The molecule has 8 heteroatoms. The number of esters is 4. The fourth-order valence-corrected chi connectivity index (χ4v) is 1.45. The molecule has 0 fully saturated rings. The Bertz CT molecular complexity index is 464. The van der Waals surface area contributed by atoms with E-state index in [-0.39, 0.29) is 12.4 Å². The van der Waals surface area contributed by atoms with Crippen LogP contribution in [0.15, 0.2) is 11.8 Å². The summed E-state index contributed by atoms with van der Waals surface area (Å²) in [6.45, 7) is 3.19. The van der Waals surface area contributed by atoms with Crippen molar-refractivity contribution in [2.24, 2.45) is 0 Å². The van der Waals surface area contributed by atoms with Crippen molar-refractivity contribution in [2.45, 2.75) is 33.0 Å². The van der Waals surface area contributed by atoms with Gasteiger partial charge >= 0.3 is 23.9 Å². The molecule has 0 amide bonds. The maximum absolute atomic E-state index is 11.6. The van der Waals surface area contributed by atoms with Crippen LogP contribution in [0, 0.1) is 0 Å². The summed E-state index contributed by atoms with van der Waals surface area (Å²) in [5, 5.41) is 0. The Morgan fingerprint density at radius 2 is 1.80 bits per heavy atom. The molecule has 0 bridgehead atoms. The third-order valence-electron chi connectivity index (χ3n) is 2.15. The van der Waals surface area contributed by atoms with Gasteiger partial charge in [0, 0.05) is 26.8 Å². The van der Waals surface area contributed by atoms with Gasteiger partial charge in [-0.2, -0.15) is 0 Å². The van der Waals surface area contributed by atoms with Crippen LogP contribution in [0.1, 0.15) is 20.8 Å². The predicted molar refractivity (Wildman–Crippen MR) is 61.9 cm³/mol. The number of hydrogen-bond acceptors (Lipinski definition) is 8. The Morgan fingerprint density at radius 3 is 2.30 bits per heavy atom. The van der Waals surface area contributed by atoms with E-state index in [0.29, 0.717) is 0 Å². The van der Waals surface area contributed by atoms with Gasteiger partial charge in [-0.25, -0.2) is 4.79 Å². The first kappa shape index (κ1) is 15.7. The number of rotatable bonds is 4. The molecule has 2 atom stereocenters. The second-order valence-electron chi connectivity index (χ2n) is 3.94. The molecule has 0 aromatic rings. The van der Waals surface area contributed by atoms with E-state index >= 15 is 0 Å². The second-order valence-corrected chi connectivity index (χ2v) is 3.94. The van der Waals surface area contributed by atoms with Crippen molar-refractivity contribution >= 4 is 23.9 Å². The number of carbonyl (C=O) groups excluding carboxylic acids is 4. The van der Waals surface area contributed by atoms with Crippen LogP contribution in [0.4, 0.5) is 0 Å². The molecule has 0 saturated carbocycles. The van der Waals surface area contributed by atoms with Crippen LogP contribution >= 0.6 is 0 Å². The molecule has 1 heterocycles. The molecule has 1 aliphatic rings. The summed E-state index contributed by atoms with van der Waals surface area (Å²) in [6.07, 6.45) is -0.850. The standard InChI is InChI=1S/C12H14O8/c1-6(13)17-5-11-9(18-7(2)14)4-10(12(16)20-11)19-8(3)15/h4,9,11H,5H2,1-3H3/t9-,11+/m0/s1. The number of carbonyl (C=O) groups is 4. The molecule has 1 rings (SSSR count). The van der Waals surface area contributed by atoms with Gasteiger partial charge in [-0.1, -0.05) is 0 Å². The summed E-state index contributed by atoms with van der Waals surface area (Å²) in [5.74, 6) is -3.19. The summed E-state index contributed by atoms with van der Waals surface area (Å²) in [5.41, 5.74) is 0. The van der Waals surface area contributed by atoms with E-state index in [0.717, 1.165) is 13.0 Å². The van der Waals surface area contributed by atoms with Crippen molar-refractivity contribution in [1.29, 1.82) is 0 Å². The highest BCUT2D eigenvalue weighted by Crippen LogP contribution is 2.19. The smallest absolute Gasteiger partial charge is 0.374 e. The quantitative estimate of drug-likeness (QED) is 0.519. The molecule has 0 aromatic heterocycles. The van der Waals surface area contributed by atoms with Gasteiger partial charge in [0.25, 0.3) is 0 Å². The Labute approximate surface area is 114 Å². The second kappa shape index (κ2) is 6.69. The summed E-state index contributed by atoms with van der Waals surface area (Å²) in [4.78, 5) is 44.2. The van der Waals surface area contributed by atoms with Gasteiger partial charge in [-0.15, -0.1) is 0 Å². The van der Waals surface area contributed by atoms with Crippen molar-refractivity contribution in [3.63, 3.8) is 0 Å². The molecule has 0 aliphatic carbocycles. The van der Waals surface area contributed by atoms with Gasteiger partial charge < -0.3 is 18.9 Å². The molecule has 0 spiro atoms. The van der Waals surface area contributed by atoms with Crippen molar-refractivity contribution in [3.05, 3.63) is 11.8 Å². The molecule has 0 aromatic carbocycles. The molecule has 20 heavy (non-hydrogen) atoms. The van der Waals surface area contributed by atoms with E-state index in [4.69, 9.17) is 14.2 Å². The van der Waals surface area contributed by atoms with Crippen LogP contribution in [-0.2, 0) is 38.1 Å². The lowest BCUT2D eigenvalue weighted by molar-refractivity contribution is -0.174. The molecule has 8 nitrogen and oxygen atoms in total. The van der Waals surface area contributed by atoms with Crippen LogP contribution in [-0.4, -0.2) is 42.7 Å². The highest BCUT2D eigenvalue weighted by atomic mass is 16.6. The van der Waals surface area contributed by atoms with Gasteiger partial charge in [-0.05, 0) is 0 Å². The van der Waals surface area contributed by atoms with Gasteiger partial charge in [0.1, 0.15) is 6.61 Å². The maximum Gasteiger partial charge on any atom is 0.374 e. The van der Waals surface area contributed by atoms with Crippen molar-refractivity contribution in [3.8, 4) is 0 Å². The highest BCUT2D eigenvalue weighted by Gasteiger charge is 2.36. The van der Waals surface area contributed by atoms with Crippen LogP contribution in [0.2, 0.25) is 0 Å². The first-order valence-electron chi connectivity index (χ1n) is 5.71. The summed E-state index contributed by atoms with van der Waals surface area (Å²) in [6, 6.07) is 0. The minimum absolute atomic E-state index is 0.275. The maximum atomic E-state index is 11.6. The average molecular weight is 286 g/mol. The van der Waals surface area contributed by atoms with Crippen molar-refractivity contribution in [2.75, 3.05) is 6.61 Å². The monoisotopic (exact) mass is 286 g/mol. The topological polar surface area (TPSA) is 105 Å². The minimum Gasteiger partial charge on any atom is -0.462 e. The lowest BCUT2D eigenvalue weighted by atomic mass is 10.1. The molecule has 0 unspecified atom stereocenters. The molecule has 0 saturated heterocycles. The Morgan fingerprint density at radius 1 is 1.15 bits per heavy atom. The Kier molecular flexibility index (Phi) is 5.24. The van der Waals surface area contributed by atoms with Crippen molar-refractivity contribution in [1.82, 2.24) is 0 Å². The van der Waals surface area contributed by atoms with Crippen molar-refractivity contribution < 1.29 is 38.1 Å². The van der Waals surface area contributed by atoms with Gasteiger partial charge in [0.05, 0.1) is 0 Å². The molecular weight excluding hydrogens is 272 g/mol. The van der Waals surface area contributed by atoms with Gasteiger partial charge in [0.15, 0.2) is 12.2 Å². The Hall–Kier alpha value is -2.38. The van der Waals surface area contributed by atoms with Crippen LogP contribution in [0.25, 0.3) is 0 Å². The molecule has 0 radical (unpaired) electrons. The Balaban J connectivity index is 2.88. The zero-order chi connectivity index (χ0) is 15.3. The highest BCUT2D eigenvalue weighted by molar-refractivity contribution is 5.90. The first-order valence-corrected chi connectivity index (χ1v) is 5.71. The SMILES string of the molecule is CC(=O)OC[C@H]1OC(=O)C(OC(C)=O)=C[C@@H]1OC(C)=O. The van der Waals surface area contributed by atoms with Crippen LogP contribution < -0.4 is 0 Å². The number of cyclic esters (lactones) is 1. The third-order valence-corrected chi connectivity index (χ3v) is 2.15. The van der Waals surface area contributed by atoms with E-state index < -0.39 is 36.1 Å². The van der Waals surface area contributed by atoms with E-state index in [1.54, 1.807) is 0 Å². The number of hydrogen-bond donors (Lipinski definition) is 0. The van der Waals surface area contributed by atoms with E-state index in [1.165, 1.54) is 13.8 Å². The predicted octanol–water partition coefficient (Wildman–Crippen LogP) is -0.146. The molecule has 1 aliphatic heterocycles. The largest absolute Gasteiger partial charge is 0.462 e. The van der Waals surface area contributed by atoms with E-state index in [9.17, 15) is 19.2 Å². The van der Waals surface area contributed by atoms with Crippen LogP contribution in [0.5, 0.6) is 0 Å². The molecular formula is C12H14O8. The summed E-state index contributed by atoms with van der Waals surface area (Å²) < 4.78 is 19.2. The lowest BCUT2D eigenvalue weighted by Crippen LogP contribution is -2.42. The fourth-order valence-electron chi connectivity index (χ4n) is 1.45. The summed E-state index contributed by atoms with van der Waals surface area (Å²) in [7, 11) is 0. The van der Waals surface area contributed by atoms with Gasteiger partial charge in [-0.3, -0.25) is 14.4 Å². The lowest BCUT2D eigenvalue weighted by Gasteiger charge is -2.28. The zero-order valence-corrected chi connectivity index (χ0v) is 11.2. The normalized spacial score (nSPS) is 21.4.